The Kier molecular flexibility index (Phi) is 10.7. The molecule has 0 fully saturated rings. The van der Waals surface area contributed by atoms with Crippen molar-refractivity contribution >= 4 is 6.09 Å². The quantitative estimate of drug-likeness (QED) is 0.480. The number of nitrogens with one attached hydrogen (secondary N) is 2. The summed E-state index contributed by atoms with van der Waals surface area (Å²) in [7, 11) is 1.69. The molecule has 0 saturated heterocycles. The summed E-state index contributed by atoms with van der Waals surface area (Å²) in [6.45, 7) is 7.69. The zero-order valence-corrected chi connectivity index (χ0v) is 13.8. The first-order chi connectivity index (χ1) is 9.89. The predicted octanol–water partition coefficient (Wildman–Crippen LogP) is 2.31. The predicted molar refractivity (Wildman–Crippen MR) is 85.2 cm³/mol. The average Bonchev–Trinajstić information content (AvgIpc) is 2.37. The highest BCUT2D eigenvalue weighted by Crippen LogP contribution is 2.06. The third-order valence-corrected chi connectivity index (χ3v) is 2.70. The standard InChI is InChI=1S/C16H30N2O3/c1-6-7-8-11-17-14(13-20-5)10-9-12-18-15(19)21-16(2,3)4/h1,14,17H,7-13H2,2-5H3,(H,18,19). The molecule has 0 saturated carbocycles. The molecule has 0 bridgehead atoms. The summed E-state index contributed by atoms with van der Waals surface area (Å²) in [5.41, 5.74) is -0.457. The van der Waals surface area contributed by atoms with E-state index < -0.39 is 5.60 Å². The maximum Gasteiger partial charge on any atom is 0.407 e. The molecule has 0 heterocycles. The van der Waals surface area contributed by atoms with E-state index in [-0.39, 0.29) is 12.1 Å². The van der Waals surface area contributed by atoms with Gasteiger partial charge in [0.05, 0.1) is 6.61 Å². The van der Waals surface area contributed by atoms with Crippen molar-refractivity contribution in [3.8, 4) is 12.3 Å². The van der Waals surface area contributed by atoms with Crippen molar-refractivity contribution < 1.29 is 14.3 Å². The molecule has 1 unspecified atom stereocenters. The third-order valence-electron chi connectivity index (χ3n) is 2.70. The molecule has 0 aliphatic carbocycles. The number of hydrogen-bond acceptors (Lipinski definition) is 4. The van der Waals surface area contributed by atoms with Crippen molar-refractivity contribution in [2.75, 3.05) is 26.8 Å². The van der Waals surface area contributed by atoms with Crippen LogP contribution in [0.2, 0.25) is 0 Å². The van der Waals surface area contributed by atoms with E-state index in [0.717, 1.165) is 32.2 Å². The minimum absolute atomic E-state index is 0.285. The van der Waals surface area contributed by atoms with Gasteiger partial charge in [-0.3, -0.25) is 0 Å². The van der Waals surface area contributed by atoms with Crippen LogP contribution in [0.1, 0.15) is 46.5 Å². The van der Waals surface area contributed by atoms with Gasteiger partial charge < -0.3 is 20.1 Å². The zero-order valence-electron chi connectivity index (χ0n) is 13.8. The fourth-order valence-electron chi connectivity index (χ4n) is 1.80. The minimum Gasteiger partial charge on any atom is -0.444 e. The van der Waals surface area contributed by atoms with E-state index >= 15 is 0 Å². The zero-order chi connectivity index (χ0) is 16.1. The number of carbonyl (C=O) groups excluding carboxylic acids is 1. The molecular formula is C16H30N2O3. The molecule has 5 nitrogen and oxygen atoms in total. The minimum atomic E-state index is -0.457. The number of terminal acetylenes is 1. The van der Waals surface area contributed by atoms with Crippen LogP contribution in [0, 0.1) is 12.3 Å². The Bertz CT molecular complexity index is 318. The molecule has 21 heavy (non-hydrogen) atoms. The van der Waals surface area contributed by atoms with E-state index in [0.29, 0.717) is 13.2 Å². The Labute approximate surface area is 129 Å². The number of rotatable bonds is 10. The van der Waals surface area contributed by atoms with Gasteiger partial charge in [-0.25, -0.2) is 4.79 Å². The van der Waals surface area contributed by atoms with Gasteiger partial charge in [-0.05, 0) is 46.6 Å². The van der Waals surface area contributed by atoms with Crippen molar-refractivity contribution in [2.24, 2.45) is 0 Å². The summed E-state index contributed by atoms with van der Waals surface area (Å²) in [5, 5.41) is 6.17. The molecule has 122 valence electrons. The van der Waals surface area contributed by atoms with E-state index in [2.05, 4.69) is 16.6 Å². The topological polar surface area (TPSA) is 59.6 Å². The number of amides is 1. The lowest BCUT2D eigenvalue weighted by Crippen LogP contribution is -2.36. The fraction of sp³-hybridized carbons (Fsp3) is 0.812. The molecule has 0 aliphatic heterocycles. The van der Waals surface area contributed by atoms with E-state index in [9.17, 15) is 4.79 Å². The molecule has 5 heteroatoms. The number of carbonyl (C=O) groups is 1. The third kappa shape index (κ3) is 13.5. The largest absolute Gasteiger partial charge is 0.444 e. The van der Waals surface area contributed by atoms with Crippen LogP contribution in [0.5, 0.6) is 0 Å². The van der Waals surface area contributed by atoms with Gasteiger partial charge in [0.25, 0.3) is 0 Å². The van der Waals surface area contributed by atoms with Gasteiger partial charge in [0.1, 0.15) is 5.60 Å². The van der Waals surface area contributed by atoms with Gasteiger partial charge in [-0.15, -0.1) is 12.3 Å². The Balaban J connectivity index is 3.77. The van der Waals surface area contributed by atoms with Crippen molar-refractivity contribution in [3.63, 3.8) is 0 Å². The van der Waals surface area contributed by atoms with Gasteiger partial charge in [-0.2, -0.15) is 0 Å². The number of methoxy groups -OCH3 is 1. The molecule has 0 aliphatic rings. The summed E-state index contributed by atoms with van der Waals surface area (Å²) in [4.78, 5) is 11.5. The summed E-state index contributed by atoms with van der Waals surface area (Å²) in [5.74, 6) is 2.62. The molecule has 2 N–H and O–H groups in total. The van der Waals surface area contributed by atoms with E-state index in [1.807, 2.05) is 20.8 Å². The maximum atomic E-state index is 11.5. The van der Waals surface area contributed by atoms with Crippen LogP contribution in [0.3, 0.4) is 0 Å². The normalized spacial score (nSPS) is 12.5. The molecule has 0 aromatic carbocycles. The first-order valence-corrected chi connectivity index (χ1v) is 7.51. The molecule has 1 amide bonds. The molecule has 0 radical (unpaired) electrons. The lowest BCUT2D eigenvalue weighted by molar-refractivity contribution is 0.0526. The van der Waals surface area contributed by atoms with Gasteiger partial charge in [0.2, 0.25) is 0 Å². The smallest absolute Gasteiger partial charge is 0.407 e. The highest BCUT2D eigenvalue weighted by atomic mass is 16.6. The molecule has 0 aromatic rings. The lowest BCUT2D eigenvalue weighted by atomic mass is 10.1. The first-order valence-electron chi connectivity index (χ1n) is 7.51. The highest BCUT2D eigenvalue weighted by Gasteiger charge is 2.15. The van der Waals surface area contributed by atoms with Crippen molar-refractivity contribution in [3.05, 3.63) is 0 Å². The number of hydrogen-bond donors (Lipinski definition) is 2. The SMILES string of the molecule is C#CCCCNC(CCCNC(=O)OC(C)(C)C)COC. The Morgan fingerprint density at radius 3 is 2.57 bits per heavy atom. The van der Waals surface area contributed by atoms with Crippen molar-refractivity contribution in [2.45, 2.75) is 58.1 Å². The van der Waals surface area contributed by atoms with Gasteiger partial charge in [0.15, 0.2) is 0 Å². The average molecular weight is 298 g/mol. The second kappa shape index (κ2) is 11.4. The lowest BCUT2D eigenvalue weighted by Gasteiger charge is -2.20. The van der Waals surface area contributed by atoms with Crippen molar-refractivity contribution in [1.82, 2.24) is 10.6 Å². The van der Waals surface area contributed by atoms with Crippen LogP contribution in [0.4, 0.5) is 4.79 Å². The monoisotopic (exact) mass is 298 g/mol. The fourth-order valence-corrected chi connectivity index (χ4v) is 1.80. The number of ether oxygens (including phenoxy) is 2. The van der Waals surface area contributed by atoms with Gasteiger partial charge in [0, 0.05) is 26.1 Å². The van der Waals surface area contributed by atoms with Gasteiger partial charge >= 0.3 is 6.09 Å². The second-order valence-electron chi connectivity index (χ2n) is 5.98. The summed E-state index contributed by atoms with van der Waals surface area (Å²) in [6, 6.07) is 0.285. The van der Waals surface area contributed by atoms with Crippen LogP contribution in [-0.4, -0.2) is 44.5 Å². The first kappa shape index (κ1) is 19.8. The van der Waals surface area contributed by atoms with Crippen LogP contribution in [0.25, 0.3) is 0 Å². The van der Waals surface area contributed by atoms with E-state index in [1.54, 1.807) is 7.11 Å². The van der Waals surface area contributed by atoms with E-state index in [4.69, 9.17) is 15.9 Å². The Hall–Kier alpha value is -1.25. The van der Waals surface area contributed by atoms with E-state index in [1.165, 1.54) is 0 Å². The van der Waals surface area contributed by atoms with Gasteiger partial charge in [-0.1, -0.05) is 0 Å². The van der Waals surface area contributed by atoms with Crippen LogP contribution < -0.4 is 10.6 Å². The summed E-state index contributed by atoms with van der Waals surface area (Å²) in [6.07, 6.45) is 8.40. The Morgan fingerprint density at radius 2 is 2.00 bits per heavy atom. The Morgan fingerprint density at radius 1 is 1.29 bits per heavy atom. The molecule has 0 aromatic heterocycles. The van der Waals surface area contributed by atoms with Crippen LogP contribution >= 0.6 is 0 Å². The van der Waals surface area contributed by atoms with Crippen molar-refractivity contribution in [1.29, 1.82) is 0 Å². The molecular weight excluding hydrogens is 268 g/mol. The maximum absolute atomic E-state index is 11.5. The molecule has 1 atom stereocenters. The summed E-state index contributed by atoms with van der Waals surface area (Å²) >= 11 is 0. The van der Waals surface area contributed by atoms with Crippen LogP contribution in [-0.2, 0) is 9.47 Å². The summed E-state index contributed by atoms with van der Waals surface area (Å²) < 4.78 is 10.4. The second-order valence-corrected chi connectivity index (χ2v) is 5.98. The molecule has 0 spiro atoms. The van der Waals surface area contributed by atoms with Crippen LogP contribution in [0.15, 0.2) is 0 Å². The highest BCUT2D eigenvalue weighted by molar-refractivity contribution is 5.67. The number of alkyl carbamates (subject to hydrolysis) is 1. The number of unbranched alkanes of at least 4 members (excludes halogenated alkanes) is 1. The molecule has 0 rings (SSSR count).